The number of phenols is 1. The molecule has 7 heteroatoms. The summed E-state index contributed by atoms with van der Waals surface area (Å²) in [7, 11) is 0. The molecule has 2 aromatic rings. The summed E-state index contributed by atoms with van der Waals surface area (Å²) in [4.78, 5) is 24.1. The Morgan fingerprint density at radius 3 is 2.86 bits per heavy atom. The molecule has 0 unspecified atom stereocenters. The number of benzene rings is 1. The van der Waals surface area contributed by atoms with E-state index in [9.17, 15) is 20.0 Å². The lowest BCUT2D eigenvalue weighted by Crippen LogP contribution is -2.28. The first-order valence-corrected chi connectivity index (χ1v) is 6.86. The van der Waals surface area contributed by atoms with Gasteiger partial charge in [-0.3, -0.25) is 14.9 Å². The summed E-state index contributed by atoms with van der Waals surface area (Å²) in [6.45, 7) is 1.12. The third-order valence-electron chi connectivity index (χ3n) is 3.84. The highest BCUT2D eigenvalue weighted by Gasteiger charge is 2.30. The molecule has 3 rings (SSSR count). The van der Waals surface area contributed by atoms with E-state index in [1.54, 1.807) is 11.2 Å². The molecule has 1 fully saturated rings. The summed E-state index contributed by atoms with van der Waals surface area (Å²) in [5, 5.41) is 20.3. The van der Waals surface area contributed by atoms with Crippen LogP contribution in [0.5, 0.6) is 5.75 Å². The molecule has 22 heavy (non-hydrogen) atoms. The van der Waals surface area contributed by atoms with Gasteiger partial charge >= 0.3 is 5.69 Å². The molecular formula is C15H14N2O5. The predicted octanol–water partition coefficient (Wildman–Crippen LogP) is 2.52. The largest absolute Gasteiger partial charge is 0.502 e. The molecule has 7 nitrogen and oxygen atoms in total. The number of rotatable bonds is 3. The normalized spacial score (nSPS) is 17.6. The van der Waals surface area contributed by atoms with Gasteiger partial charge in [-0.25, -0.2) is 0 Å². The Morgan fingerprint density at radius 2 is 2.23 bits per heavy atom. The highest BCUT2D eigenvalue weighted by Crippen LogP contribution is 2.30. The van der Waals surface area contributed by atoms with Crippen LogP contribution in [0.25, 0.3) is 0 Å². The van der Waals surface area contributed by atoms with E-state index in [1.807, 2.05) is 12.1 Å². The van der Waals surface area contributed by atoms with Crippen molar-refractivity contribution in [2.45, 2.75) is 12.3 Å². The van der Waals surface area contributed by atoms with E-state index in [0.29, 0.717) is 13.1 Å². The third-order valence-corrected chi connectivity index (χ3v) is 3.84. The number of nitro benzene ring substituents is 1. The monoisotopic (exact) mass is 302 g/mol. The van der Waals surface area contributed by atoms with Crippen LogP contribution in [0, 0.1) is 10.1 Å². The van der Waals surface area contributed by atoms with Crippen LogP contribution < -0.4 is 0 Å². The molecular weight excluding hydrogens is 288 g/mol. The molecule has 1 aliphatic heterocycles. The fourth-order valence-corrected chi connectivity index (χ4v) is 2.69. The third kappa shape index (κ3) is 2.52. The Morgan fingerprint density at radius 1 is 1.41 bits per heavy atom. The second-order valence-electron chi connectivity index (χ2n) is 5.21. The summed E-state index contributed by atoms with van der Waals surface area (Å²) >= 11 is 0. The molecule has 1 N–H and O–H groups in total. The van der Waals surface area contributed by atoms with Crippen molar-refractivity contribution in [2.75, 3.05) is 13.1 Å². The van der Waals surface area contributed by atoms with Gasteiger partial charge in [0.15, 0.2) is 5.75 Å². The van der Waals surface area contributed by atoms with Crippen LogP contribution in [0.1, 0.15) is 28.5 Å². The van der Waals surface area contributed by atoms with Gasteiger partial charge in [-0.15, -0.1) is 0 Å². The zero-order valence-corrected chi connectivity index (χ0v) is 11.6. The van der Waals surface area contributed by atoms with Crippen molar-refractivity contribution in [1.29, 1.82) is 0 Å². The molecule has 1 aliphatic rings. The Balaban J connectivity index is 1.75. The van der Waals surface area contributed by atoms with E-state index in [-0.39, 0.29) is 17.4 Å². The van der Waals surface area contributed by atoms with Crippen molar-refractivity contribution in [3.63, 3.8) is 0 Å². The number of hydrogen-bond donors (Lipinski definition) is 1. The number of hydrogen-bond acceptors (Lipinski definition) is 5. The number of nitro groups is 1. The van der Waals surface area contributed by atoms with Crippen LogP contribution in [0.15, 0.2) is 41.0 Å². The lowest BCUT2D eigenvalue weighted by Gasteiger charge is -2.16. The van der Waals surface area contributed by atoms with Crippen molar-refractivity contribution < 1.29 is 19.2 Å². The number of furan rings is 1. The maximum absolute atomic E-state index is 12.4. The number of nitrogens with zero attached hydrogens (tertiary/aromatic N) is 2. The maximum atomic E-state index is 12.4. The van der Waals surface area contributed by atoms with Gasteiger partial charge in [-0.1, -0.05) is 0 Å². The predicted molar refractivity (Wildman–Crippen MR) is 76.7 cm³/mol. The molecule has 1 aromatic carbocycles. The van der Waals surface area contributed by atoms with Gasteiger partial charge in [-0.2, -0.15) is 0 Å². The average molecular weight is 302 g/mol. The van der Waals surface area contributed by atoms with Crippen LogP contribution in [0.2, 0.25) is 0 Å². The van der Waals surface area contributed by atoms with Gasteiger partial charge in [0.25, 0.3) is 5.91 Å². The molecule has 1 aromatic heterocycles. The van der Waals surface area contributed by atoms with Gasteiger partial charge in [0, 0.05) is 30.6 Å². The molecule has 1 amide bonds. The van der Waals surface area contributed by atoms with Crippen LogP contribution in [0.4, 0.5) is 5.69 Å². The zero-order chi connectivity index (χ0) is 15.7. The molecule has 114 valence electrons. The van der Waals surface area contributed by atoms with E-state index in [1.165, 1.54) is 6.07 Å². The molecule has 0 radical (unpaired) electrons. The fraction of sp³-hybridized carbons (Fsp3) is 0.267. The smallest absolute Gasteiger partial charge is 0.310 e. The Kier molecular flexibility index (Phi) is 3.54. The second-order valence-corrected chi connectivity index (χ2v) is 5.21. The lowest BCUT2D eigenvalue weighted by atomic mass is 10.1. The van der Waals surface area contributed by atoms with Gasteiger partial charge < -0.3 is 14.4 Å². The average Bonchev–Trinajstić information content (AvgIpc) is 3.16. The fourth-order valence-electron chi connectivity index (χ4n) is 2.69. The number of carbonyl (C=O) groups excluding carboxylic acids is 1. The van der Waals surface area contributed by atoms with Crippen molar-refractivity contribution in [3.8, 4) is 5.75 Å². The molecule has 1 atom stereocenters. The van der Waals surface area contributed by atoms with Gasteiger partial charge in [0.1, 0.15) is 5.76 Å². The van der Waals surface area contributed by atoms with E-state index in [2.05, 4.69) is 0 Å². The first-order valence-electron chi connectivity index (χ1n) is 6.86. The van der Waals surface area contributed by atoms with E-state index in [4.69, 9.17) is 4.42 Å². The number of carbonyl (C=O) groups is 1. The Labute approximate surface area is 125 Å². The molecule has 0 saturated carbocycles. The van der Waals surface area contributed by atoms with Crippen LogP contribution in [0.3, 0.4) is 0 Å². The van der Waals surface area contributed by atoms with Crippen molar-refractivity contribution in [1.82, 2.24) is 4.90 Å². The van der Waals surface area contributed by atoms with E-state index >= 15 is 0 Å². The minimum atomic E-state index is -0.688. The van der Waals surface area contributed by atoms with E-state index < -0.39 is 16.4 Å². The highest BCUT2D eigenvalue weighted by atomic mass is 16.6. The molecule has 0 bridgehead atoms. The maximum Gasteiger partial charge on any atom is 0.310 e. The van der Waals surface area contributed by atoms with Gasteiger partial charge in [0.2, 0.25) is 0 Å². The number of aromatic hydroxyl groups is 1. The second kappa shape index (κ2) is 5.51. The summed E-state index contributed by atoms with van der Waals surface area (Å²) < 4.78 is 5.36. The van der Waals surface area contributed by atoms with Gasteiger partial charge in [-0.05, 0) is 30.7 Å². The van der Waals surface area contributed by atoms with E-state index in [0.717, 1.165) is 24.3 Å². The molecule has 0 aliphatic carbocycles. The summed E-state index contributed by atoms with van der Waals surface area (Å²) in [6, 6.07) is 7.34. The van der Waals surface area contributed by atoms with Crippen molar-refractivity contribution in [3.05, 3.63) is 58.0 Å². The summed E-state index contributed by atoms with van der Waals surface area (Å²) in [5.41, 5.74) is -0.172. The number of amides is 1. The highest BCUT2D eigenvalue weighted by molar-refractivity contribution is 5.95. The first-order chi connectivity index (χ1) is 10.6. The number of phenolic OH excluding ortho intramolecular Hbond substituents is 1. The summed E-state index contributed by atoms with van der Waals surface area (Å²) in [6.07, 6.45) is 2.41. The quantitative estimate of drug-likeness (QED) is 0.694. The Hall–Kier alpha value is -2.83. The molecule has 2 heterocycles. The van der Waals surface area contributed by atoms with Crippen LogP contribution in [-0.4, -0.2) is 33.9 Å². The number of likely N-dealkylation sites (tertiary alicyclic amines) is 1. The zero-order valence-electron chi connectivity index (χ0n) is 11.6. The van der Waals surface area contributed by atoms with Crippen molar-refractivity contribution >= 4 is 11.6 Å². The summed E-state index contributed by atoms with van der Waals surface area (Å²) in [5.74, 6) is 0.254. The van der Waals surface area contributed by atoms with Crippen molar-refractivity contribution in [2.24, 2.45) is 0 Å². The minimum Gasteiger partial charge on any atom is -0.502 e. The first kappa shape index (κ1) is 14.1. The topological polar surface area (TPSA) is 96.8 Å². The standard InChI is InChI=1S/C15H14N2O5/c18-13-8-10(3-4-12(13)17(20)21)15(19)16-6-5-11(9-16)14-2-1-7-22-14/h1-4,7-8,11,18H,5-6,9H2/t11-/m1/s1. The minimum absolute atomic E-state index is 0.158. The SMILES string of the molecule is O=C(c1ccc([N+](=O)[O-])c(O)c1)N1CC[C@@H](c2ccco2)C1. The van der Waals surface area contributed by atoms with Crippen LogP contribution in [-0.2, 0) is 0 Å². The van der Waals surface area contributed by atoms with Gasteiger partial charge in [0.05, 0.1) is 11.2 Å². The molecule has 0 spiro atoms. The lowest BCUT2D eigenvalue weighted by molar-refractivity contribution is -0.385. The Bertz CT molecular complexity index is 711. The van der Waals surface area contributed by atoms with Crippen LogP contribution >= 0.6 is 0 Å². The molecule has 1 saturated heterocycles.